The first-order chi connectivity index (χ1) is 8.90. The van der Waals surface area contributed by atoms with Crippen LogP contribution in [0.25, 0.3) is 0 Å². The Morgan fingerprint density at radius 1 is 1.47 bits per heavy atom. The average Bonchev–Trinajstić information content (AvgIpc) is 2.79. The van der Waals surface area contributed by atoms with E-state index in [0.717, 1.165) is 18.2 Å². The number of para-hydroxylation sites is 1. The van der Waals surface area contributed by atoms with Gasteiger partial charge in [-0.05, 0) is 18.6 Å². The Hall–Kier alpha value is -2.08. The summed E-state index contributed by atoms with van der Waals surface area (Å²) >= 11 is 0. The summed E-state index contributed by atoms with van der Waals surface area (Å²) in [6.07, 6.45) is 0.553. The largest absolute Gasteiger partial charge is 0.479 e. The fraction of sp³-hybridized carbons (Fsp3) is 0.385. The van der Waals surface area contributed by atoms with Gasteiger partial charge in [0.25, 0.3) is 0 Å². The minimum atomic E-state index is -1.96. The Kier molecular flexibility index (Phi) is 3.44. The van der Waals surface area contributed by atoms with Crippen LogP contribution in [0.3, 0.4) is 0 Å². The molecule has 2 atom stereocenters. The van der Waals surface area contributed by atoms with Crippen LogP contribution >= 0.6 is 0 Å². The molecule has 1 aromatic carbocycles. The number of amides is 1. The lowest BCUT2D eigenvalue weighted by molar-refractivity contribution is -0.156. The van der Waals surface area contributed by atoms with Crippen LogP contribution in [-0.2, 0) is 16.0 Å². The average molecular weight is 264 g/mol. The summed E-state index contributed by atoms with van der Waals surface area (Å²) in [4.78, 5) is 22.6. The third-order valence-electron chi connectivity index (χ3n) is 3.16. The molecule has 1 aliphatic rings. The van der Waals surface area contributed by atoms with Crippen molar-refractivity contribution in [3.05, 3.63) is 29.8 Å². The minimum absolute atomic E-state index is 0.322. The van der Waals surface area contributed by atoms with Crippen LogP contribution in [0.1, 0.15) is 12.5 Å². The van der Waals surface area contributed by atoms with Crippen molar-refractivity contribution < 1.29 is 19.8 Å². The topological polar surface area (TPSA) is 98.7 Å². The number of carboxylic acids is 1. The maximum Gasteiger partial charge on any atom is 0.337 e. The fourth-order valence-corrected chi connectivity index (χ4v) is 1.91. The van der Waals surface area contributed by atoms with Crippen LogP contribution < -0.4 is 10.6 Å². The molecule has 0 aliphatic carbocycles. The van der Waals surface area contributed by atoms with Gasteiger partial charge >= 0.3 is 5.97 Å². The number of aliphatic carboxylic acids is 1. The first-order valence-corrected chi connectivity index (χ1v) is 5.98. The van der Waals surface area contributed by atoms with Gasteiger partial charge in [0.1, 0.15) is 6.04 Å². The molecule has 1 amide bonds. The number of hydrogen-bond donors (Lipinski definition) is 4. The zero-order valence-corrected chi connectivity index (χ0v) is 10.5. The normalized spacial score (nSPS) is 20.0. The van der Waals surface area contributed by atoms with Crippen LogP contribution in [0.2, 0.25) is 0 Å². The molecule has 6 heteroatoms. The molecular formula is C13H16N2O4. The van der Waals surface area contributed by atoms with E-state index < -0.39 is 17.6 Å². The first kappa shape index (κ1) is 13.4. The van der Waals surface area contributed by atoms with E-state index in [2.05, 4.69) is 10.6 Å². The number of carbonyl (C=O) groups is 2. The van der Waals surface area contributed by atoms with Crippen molar-refractivity contribution in [3.63, 3.8) is 0 Å². The Morgan fingerprint density at radius 3 is 2.79 bits per heavy atom. The van der Waals surface area contributed by atoms with Gasteiger partial charge in [-0.15, -0.1) is 0 Å². The molecule has 0 fully saturated rings. The Balaban J connectivity index is 1.92. The maximum absolute atomic E-state index is 11.9. The molecule has 0 aromatic heterocycles. The van der Waals surface area contributed by atoms with Gasteiger partial charge in [0, 0.05) is 12.1 Å². The third kappa shape index (κ3) is 2.85. The maximum atomic E-state index is 11.9. The van der Waals surface area contributed by atoms with E-state index in [4.69, 9.17) is 5.11 Å². The van der Waals surface area contributed by atoms with Crippen LogP contribution in [0.4, 0.5) is 5.69 Å². The van der Waals surface area contributed by atoms with Crippen molar-refractivity contribution in [2.24, 2.45) is 0 Å². The number of rotatable bonds is 4. The van der Waals surface area contributed by atoms with Crippen LogP contribution in [-0.4, -0.2) is 40.3 Å². The first-order valence-electron chi connectivity index (χ1n) is 5.98. The van der Waals surface area contributed by atoms with Crippen molar-refractivity contribution in [1.82, 2.24) is 5.32 Å². The number of carboxylic acid groups (broad SMARTS) is 1. The Labute approximate surface area is 110 Å². The standard InChI is InChI=1S/C13H16N2O4/c1-13(19,12(17)18)7-14-11(16)10-6-8-4-2-3-5-9(8)15-10/h2-5,10,15,19H,6-7H2,1H3,(H,14,16)(H,17,18)/t10-,13?/m0/s1. The zero-order chi connectivity index (χ0) is 14.0. The molecule has 0 spiro atoms. The SMILES string of the molecule is CC(O)(CNC(=O)[C@@H]1Cc2ccccc2N1)C(=O)O. The number of fused-ring (bicyclic) bond motifs is 1. The van der Waals surface area contributed by atoms with E-state index in [-0.39, 0.29) is 12.5 Å². The number of nitrogens with one attached hydrogen (secondary N) is 2. The highest BCUT2D eigenvalue weighted by molar-refractivity contribution is 5.88. The summed E-state index contributed by atoms with van der Waals surface area (Å²) < 4.78 is 0. The molecule has 102 valence electrons. The predicted molar refractivity (Wildman–Crippen MR) is 68.8 cm³/mol. The molecule has 6 nitrogen and oxygen atoms in total. The zero-order valence-electron chi connectivity index (χ0n) is 10.5. The molecule has 1 aliphatic heterocycles. The lowest BCUT2D eigenvalue weighted by Crippen LogP contribution is -2.49. The number of hydrogen-bond acceptors (Lipinski definition) is 4. The van der Waals surface area contributed by atoms with Crippen molar-refractivity contribution in [2.75, 3.05) is 11.9 Å². The quantitative estimate of drug-likeness (QED) is 0.612. The van der Waals surface area contributed by atoms with E-state index in [0.29, 0.717) is 6.42 Å². The molecule has 0 bridgehead atoms. The lowest BCUT2D eigenvalue weighted by atomic mass is 10.1. The van der Waals surface area contributed by atoms with Crippen LogP contribution in [0.5, 0.6) is 0 Å². The van der Waals surface area contributed by atoms with Crippen molar-refractivity contribution >= 4 is 17.6 Å². The van der Waals surface area contributed by atoms with Gasteiger partial charge in [-0.2, -0.15) is 0 Å². The van der Waals surface area contributed by atoms with E-state index >= 15 is 0 Å². The number of aliphatic hydroxyl groups is 1. The second-order valence-electron chi connectivity index (χ2n) is 4.86. The number of anilines is 1. The molecule has 1 aromatic rings. The summed E-state index contributed by atoms with van der Waals surface area (Å²) in [5.74, 6) is -1.69. The minimum Gasteiger partial charge on any atom is -0.479 e. The third-order valence-corrected chi connectivity index (χ3v) is 3.16. The van der Waals surface area contributed by atoms with E-state index in [1.54, 1.807) is 0 Å². The molecule has 2 rings (SSSR count). The highest BCUT2D eigenvalue weighted by Gasteiger charge is 2.32. The van der Waals surface area contributed by atoms with E-state index in [1.165, 1.54) is 0 Å². The smallest absolute Gasteiger partial charge is 0.337 e. The van der Waals surface area contributed by atoms with Gasteiger partial charge in [0.2, 0.25) is 5.91 Å². The van der Waals surface area contributed by atoms with E-state index in [1.807, 2.05) is 24.3 Å². The summed E-state index contributed by atoms with van der Waals surface area (Å²) in [5, 5.41) is 23.8. The Morgan fingerprint density at radius 2 is 2.16 bits per heavy atom. The second-order valence-corrected chi connectivity index (χ2v) is 4.86. The van der Waals surface area contributed by atoms with Gasteiger partial charge in [-0.25, -0.2) is 4.79 Å². The number of carbonyl (C=O) groups excluding carboxylic acids is 1. The van der Waals surface area contributed by atoms with Gasteiger partial charge in [0.15, 0.2) is 5.60 Å². The molecular weight excluding hydrogens is 248 g/mol. The van der Waals surface area contributed by atoms with Crippen molar-refractivity contribution in [1.29, 1.82) is 0 Å². The molecule has 0 radical (unpaired) electrons. The molecule has 1 unspecified atom stereocenters. The summed E-state index contributed by atoms with van der Waals surface area (Å²) in [7, 11) is 0. The Bertz CT molecular complexity index is 488. The summed E-state index contributed by atoms with van der Waals surface area (Å²) in [6.45, 7) is 0.822. The molecule has 0 saturated heterocycles. The molecule has 0 saturated carbocycles. The van der Waals surface area contributed by atoms with Gasteiger partial charge in [-0.1, -0.05) is 18.2 Å². The highest BCUT2D eigenvalue weighted by atomic mass is 16.4. The van der Waals surface area contributed by atoms with Crippen LogP contribution in [0.15, 0.2) is 24.3 Å². The summed E-state index contributed by atoms with van der Waals surface area (Å²) in [5.41, 5.74) is 0.00137. The van der Waals surface area contributed by atoms with Gasteiger partial charge < -0.3 is 20.8 Å². The molecule has 1 heterocycles. The fourth-order valence-electron chi connectivity index (χ4n) is 1.91. The lowest BCUT2D eigenvalue weighted by Gasteiger charge is -2.20. The highest BCUT2D eigenvalue weighted by Crippen LogP contribution is 2.25. The van der Waals surface area contributed by atoms with E-state index in [9.17, 15) is 14.7 Å². The van der Waals surface area contributed by atoms with Gasteiger partial charge in [-0.3, -0.25) is 4.79 Å². The van der Waals surface area contributed by atoms with Crippen molar-refractivity contribution in [2.45, 2.75) is 25.0 Å². The summed E-state index contributed by atoms with van der Waals surface area (Å²) in [6, 6.07) is 7.16. The van der Waals surface area contributed by atoms with Crippen LogP contribution in [0, 0.1) is 0 Å². The predicted octanol–water partition coefficient (Wildman–Crippen LogP) is -0.0250. The number of benzene rings is 1. The van der Waals surface area contributed by atoms with Crippen molar-refractivity contribution in [3.8, 4) is 0 Å². The molecule has 4 N–H and O–H groups in total. The second kappa shape index (κ2) is 4.89. The molecule has 19 heavy (non-hydrogen) atoms. The monoisotopic (exact) mass is 264 g/mol. The van der Waals surface area contributed by atoms with Gasteiger partial charge in [0.05, 0.1) is 6.54 Å².